The number of thioether (sulfide) groups is 1. The molecule has 0 amide bonds. The minimum absolute atomic E-state index is 0.132. The van der Waals surface area contributed by atoms with Crippen LogP contribution < -0.4 is 0 Å². The van der Waals surface area contributed by atoms with Crippen molar-refractivity contribution in [2.24, 2.45) is 0 Å². The molecule has 0 aromatic carbocycles. The third-order valence-corrected chi connectivity index (χ3v) is 2.32. The fourth-order valence-electron chi connectivity index (χ4n) is 1.11. The van der Waals surface area contributed by atoms with E-state index in [2.05, 4.69) is 15.0 Å². The number of aromatic nitrogens is 3. The van der Waals surface area contributed by atoms with Crippen LogP contribution in [-0.4, -0.2) is 32.3 Å². The van der Waals surface area contributed by atoms with Gasteiger partial charge in [0.25, 0.3) is 0 Å². The number of hydrogen-bond donors (Lipinski definition) is 2. The van der Waals surface area contributed by atoms with Crippen molar-refractivity contribution >= 4 is 28.8 Å². The van der Waals surface area contributed by atoms with Gasteiger partial charge >= 0.3 is 5.97 Å². The first-order chi connectivity index (χ1) is 6.70. The number of carboxylic acid groups (broad SMARTS) is 1. The van der Waals surface area contributed by atoms with Crippen LogP contribution in [-0.2, 0) is 0 Å². The lowest BCUT2D eigenvalue weighted by molar-refractivity contribution is 0.0691. The molecule has 72 valence electrons. The number of rotatable bonds is 2. The van der Waals surface area contributed by atoms with Gasteiger partial charge in [0.05, 0.1) is 0 Å². The van der Waals surface area contributed by atoms with Crippen molar-refractivity contribution in [1.82, 2.24) is 15.0 Å². The van der Waals surface area contributed by atoms with Crippen LogP contribution in [0.2, 0.25) is 0 Å². The highest BCUT2D eigenvalue weighted by molar-refractivity contribution is 7.98. The number of nitrogens with zero attached hydrogens (tertiary/aromatic N) is 2. The number of fused-ring (bicyclic) bond motifs is 1. The Labute approximate surface area is 83.6 Å². The van der Waals surface area contributed by atoms with Crippen LogP contribution in [0.25, 0.3) is 11.0 Å². The Hall–Kier alpha value is -1.56. The summed E-state index contributed by atoms with van der Waals surface area (Å²) in [6, 6.07) is 1.52. The maximum atomic E-state index is 10.6. The summed E-state index contributed by atoms with van der Waals surface area (Å²) in [6.07, 6.45) is 3.47. The van der Waals surface area contributed by atoms with Gasteiger partial charge in [-0.05, 0) is 12.3 Å². The van der Waals surface area contributed by atoms with Gasteiger partial charge in [0, 0.05) is 11.6 Å². The molecule has 14 heavy (non-hydrogen) atoms. The van der Waals surface area contributed by atoms with E-state index in [0.29, 0.717) is 16.2 Å². The highest BCUT2D eigenvalue weighted by atomic mass is 32.2. The quantitative estimate of drug-likeness (QED) is 0.577. The molecular formula is C8H7N3O2S. The largest absolute Gasteiger partial charge is 0.477 e. The number of H-pyrrole nitrogens is 1. The molecule has 0 unspecified atom stereocenters. The van der Waals surface area contributed by atoms with Crippen LogP contribution in [0.15, 0.2) is 17.4 Å². The zero-order chi connectivity index (χ0) is 10.1. The van der Waals surface area contributed by atoms with Crippen molar-refractivity contribution in [3.63, 3.8) is 0 Å². The van der Waals surface area contributed by atoms with Crippen LogP contribution in [0, 0.1) is 0 Å². The van der Waals surface area contributed by atoms with E-state index in [1.807, 2.05) is 6.26 Å². The SMILES string of the molecule is CSc1ncc2cc(C(=O)O)[nH]c2n1. The maximum absolute atomic E-state index is 10.6. The first kappa shape index (κ1) is 9.01. The molecule has 2 aromatic rings. The summed E-state index contributed by atoms with van der Waals surface area (Å²) in [7, 11) is 0. The van der Waals surface area contributed by atoms with Crippen LogP contribution >= 0.6 is 11.8 Å². The van der Waals surface area contributed by atoms with Crippen molar-refractivity contribution in [2.75, 3.05) is 6.26 Å². The zero-order valence-electron chi connectivity index (χ0n) is 7.31. The summed E-state index contributed by atoms with van der Waals surface area (Å²) >= 11 is 1.41. The summed E-state index contributed by atoms with van der Waals surface area (Å²) in [5, 5.41) is 10.1. The molecule has 6 heteroatoms. The number of nitrogens with one attached hydrogen (secondary N) is 1. The topological polar surface area (TPSA) is 78.9 Å². The molecule has 0 bridgehead atoms. The molecule has 2 rings (SSSR count). The third-order valence-electron chi connectivity index (χ3n) is 1.76. The Morgan fingerprint density at radius 2 is 2.43 bits per heavy atom. The average Bonchev–Trinajstić information content (AvgIpc) is 2.59. The lowest BCUT2D eigenvalue weighted by atomic mass is 10.4. The Balaban J connectivity index is 2.60. The second-order valence-electron chi connectivity index (χ2n) is 2.65. The zero-order valence-corrected chi connectivity index (χ0v) is 8.13. The summed E-state index contributed by atoms with van der Waals surface area (Å²) in [4.78, 5) is 21.5. The summed E-state index contributed by atoms with van der Waals surface area (Å²) in [6.45, 7) is 0. The van der Waals surface area contributed by atoms with E-state index in [4.69, 9.17) is 5.11 Å². The van der Waals surface area contributed by atoms with E-state index >= 15 is 0 Å². The lowest BCUT2D eigenvalue weighted by Gasteiger charge is -1.92. The van der Waals surface area contributed by atoms with E-state index in [1.54, 1.807) is 6.20 Å². The number of carbonyl (C=O) groups is 1. The fourth-order valence-corrected chi connectivity index (χ4v) is 1.45. The minimum atomic E-state index is -0.992. The van der Waals surface area contributed by atoms with E-state index in [9.17, 15) is 4.79 Å². The van der Waals surface area contributed by atoms with Gasteiger partial charge in [-0.25, -0.2) is 14.8 Å². The molecule has 0 aliphatic rings. The second-order valence-corrected chi connectivity index (χ2v) is 3.42. The molecule has 2 heterocycles. The van der Waals surface area contributed by atoms with E-state index in [0.717, 1.165) is 0 Å². The number of aromatic carboxylic acids is 1. The van der Waals surface area contributed by atoms with Gasteiger partial charge in [-0.15, -0.1) is 0 Å². The Morgan fingerprint density at radius 1 is 1.64 bits per heavy atom. The Bertz CT molecular complexity index is 494. The lowest BCUT2D eigenvalue weighted by Crippen LogP contribution is -1.95. The van der Waals surface area contributed by atoms with E-state index < -0.39 is 5.97 Å². The first-order valence-corrected chi connectivity index (χ1v) is 5.06. The number of hydrogen-bond acceptors (Lipinski definition) is 4. The van der Waals surface area contributed by atoms with Gasteiger partial charge in [0.15, 0.2) is 5.16 Å². The molecule has 0 spiro atoms. The molecule has 0 aliphatic carbocycles. The predicted molar refractivity (Wildman–Crippen MR) is 52.6 cm³/mol. The molecule has 0 aliphatic heterocycles. The highest BCUT2D eigenvalue weighted by Crippen LogP contribution is 2.15. The predicted octanol–water partition coefficient (Wildman–Crippen LogP) is 1.38. The molecule has 0 saturated carbocycles. The standard InChI is InChI=1S/C8H7N3O2S/c1-14-8-9-3-4-2-5(7(12)13)10-6(4)11-8/h2-3H,1H3,(H,12,13)(H,9,10,11). The van der Waals surface area contributed by atoms with Crippen molar-refractivity contribution < 1.29 is 9.90 Å². The molecule has 0 radical (unpaired) electrons. The smallest absolute Gasteiger partial charge is 0.352 e. The summed E-state index contributed by atoms with van der Waals surface area (Å²) < 4.78 is 0. The van der Waals surface area contributed by atoms with Crippen LogP contribution in [0.3, 0.4) is 0 Å². The van der Waals surface area contributed by atoms with Crippen molar-refractivity contribution in [3.05, 3.63) is 18.0 Å². The summed E-state index contributed by atoms with van der Waals surface area (Å²) in [5.41, 5.74) is 0.689. The normalized spacial score (nSPS) is 10.6. The molecule has 0 atom stereocenters. The molecular weight excluding hydrogens is 202 g/mol. The average molecular weight is 209 g/mol. The van der Waals surface area contributed by atoms with E-state index in [-0.39, 0.29) is 5.69 Å². The monoisotopic (exact) mass is 209 g/mol. The van der Waals surface area contributed by atoms with Gasteiger partial charge in [-0.3, -0.25) is 0 Å². The molecule has 2 aromatic heterocycles. The van der Waals surface area contributed by atoms with Crippen LogP contribution in [0.1, 0.15) is 10.5 Å². The van der Waals surface area contributed by atoms with Gasteiger partial charge in [0.2, 0.25) is 0 Å². The molecule has 0 saturated heterocycles. The highest BCUT2D eigenvalue weighted by Gasteiger charge is 2.08. The van der Waals surface area contributed by atoms with Gasteiger partial charge in [-0.2, -0.15) is 0 Å². The Morgan fingerprint density at radius 3 is 3.07 bits per heavy atom. The Kier molecular flexibility index (Phi) is 2.12. The van der Waals surface area contributed by atoms with Crippen LogP contribution in [0.4, 0.5) is 0 Å². The number of carboxylic acids is 1. The van der Waals surface area contributed by atoms with Gasteiger partial charge in [0.1, 0.15) is 11.3 Å². The maximum Gasteiger partial charge on any atom is 0.352 e. The first-order valence-electron chi connectivity index (χ1n) is 3.84. The van der Waals surface area contributed by atoms with Gasteiger partial charge < -0.3 is 10.1 Å². The molecule has 0 fully saturated rings. The van der Waals surface area contributed by atoms with Gasteiger partial charge in [-0.1, -0.05) is 11.8 Å². The van der Waals surface area contributed by atoms with Crippen molar-refractivity contribution in [1.29, 1.82) is 0 Å². The molecule has 5 nitrogen and oxygen atoms in total. The number of aromatic amines is 1. The van der Waals surface area contributed by atoms with Crippen molar-refractivity contribution in [2.45, 2.75) is 5.16 Å². The second kappa shape index (κ2) is 3.30. The minimum Gasteiger partial charge on any atom is -0.477 e. The molecule has 2 N–H and O–H groups in total. The third kappa shape index (κ3) is 1.44. The van der Waals surface area contributed by atoms with Crippen molar-refractivity contribution in [3.8, 4) is 0 Å². The summed E-state index contributed by atoms with van der Waals surface area (Å²) in [5.74, 6) is -0.992. The fraction of sp³-hybridized carbons (Fsp3) is 0.125. The van der Waals surface area contributed by atoms with E-state index in [1.165, 1.54) is 17.8 Å². The van der Waals surface area contributed by atoms with Crippen LogP contribution in [0.5, 0.6) is 0 Å².